The SMILES string of the molecule is CSc1ncc(Cl)c(C(=O)NCC2(O)CCC2)n1. The van der Waals surface area contributed by atoms with E-state index in [-0.39, 0.29) is 23.2 Å². The number of aromatic nitrogens is 2. The van der Waals surface area contributed by atoms with Crippen LogP contribution in [0.4, 0.5) is 0 Å². The van der Waals surface area contributed by atoms with E-state index in [1.165, 1.54) is 18.0 Å². The van der Waals surface area contributed by atoms with Crippen LogP contribution in [-0.4, -0.2) is 39.4 Å². The molecule has 0 saturated heterocycles. The van der Waals surface area contributed by atoms with Crippen molar-refractivity contribution in [3.05, 3.63) is 16.9 Å². The second-order valence-electron chi connectivity index (χ2n) is 4.31. The molecule has 1 amide bonds. The Labute approximate surface area is 114 Å². The van der Waals surface area contributed by atoms with E-state index in [1.54, 1.807) is 0 Å². The molecular weight excluding hydrogens is 274 g/mol. The van der Waals surface area contributed by atoms with Crippen molar-refractivity contribution >= 4 is 29.3 Å². The van der Waals surface area contributed by atoms with Gasteiger partial charge in [-0.3, -0.25) is 4.79 Å². The van der Waals surface area contributed by atoms with E-state index in [2.05, 4.69) is 15.3 Å². The van der Waals surface area contributed by atoms with Crippen LogP contribution in [0.5, 0.6) is 0 Å². The Kier molecular flexibility index (Phi) is 4.09. The third kappa shape index (κ3) is 2.93. The van der Waals surface area contributed by atoms with Gasteiger partial charge in [0.1, 0.15) is 0 Å². The Bertz CT molecular complexity index is 466. The van der Waals surface area contributed by atoms with E-state index >= 15 is 0 Å². The molecule has 2 rings (SSSR count). The van der Waals surface area contributed by atoms with Crippen LogP contribution in [-0.2, 0) is 0 Å². The van der Waals surface area contributed by atoms with E-state index in [9.17, 15) is 9.90 Å². The molecule has 1 fully saturated rings. The summed E-state index contributed by atoms with van der Waals surface area (Å²) in [6.45, 7) is 0.237. The fourth-order valence-electron chi connectivity index (χ4n) is 1.70. The molecule has 2 N–H and O–H groups in total. The molecule has 0 aromatic carbocycles. The summed E-state index contributed by atoms with van der Waals surface area (Å²) >= 11 is 7.23. The third-order valence-electron chi connectivity index (χ3n) is 2.98. The van der Waals surface area contributed by atoms with Crippen LogP contribution in [0.1, 0.15) is 29.8 Å². The average molecular weight is 288 g/mol. The van der Waals surface area contributed by atoms with Crippen LogP contribution >= 0.6 is 23.4 Å². The molecule has 1 aliphatic rings. The average Bonchev–Trinajstić information content (AvgIpc) is 2.34. The molecule has 98 valence electrons. The quantitative estimate of drug-likeness (QED) is 0.648. The highest BCUT2D eigenvalue weighted by molar-refractivity contribution is 7.98. The van der Waals surface area contributed by atoms with Gasteiger partial charge in [0.2, 0.25) is 0 Å². The summed E-state index contributed by atoms with van der Waals surface area (Å²) in [5.74, 6) is -0.377. The molecule has 5 nitrogen and oxygen atoms in total. The number of aliphatic hydroxyl groups is 1. The Hall–Kier alpha value is -0.850. The van der Waals surface area contributed by atoms with Crippen LogP contribution < -0.4 is 5.32 Å². The number of carbonyl (C=O) groups excluding carboxylic acids is 1. The van der Waals surface area contributed by atoms with Crippen molar-refractivity contribution in [2.24, 2.45) is 0 Å². The molecule has 0 aliphatic heterocycles. The lowest BCUT2D eigenvalue weighted by Gasteiger charge is -2.36. The van der Waals surface area contributed by atoms with Gasteiger partial charge in [0, 0.05) is 6.54 Å². The summed E-state index contributed by atoms with van der Waals surface area (Å²) in [5, 5.41) is 13.3. The zero-order chi connectivity index (χ0) is 13.2. The first-order chi connectivity index (χ1) is 8.54. The topological polar surface area (TPSA) is 75.1 Å². The minimum Gasteiger partial charge on any atom is -0.388 e. The Balaban J connectivity index is 2.03. The zero-order valence-electron chi connectivity index (χ0n) is 9.94. The zero-order valence-corrected chi connectivity index (χ0v) is 11.5. The molecule has 0 atom stereocenters. The van der Waals surface area contributed by atoms with Crippen LogP contribution in [0, 0.1) is 0 Å². The molecule has 1 aliphatic carbocycles. The molecular formula is C11H14ClN3O2S. The number of carbonyl (C=O) groups is 1. The number of nitrogens with one attached hydrogen (secondary N) is 1. The van der Waals surface area contributed by atoms with Gasteiger partial charge in [0.25, 0.3) is 5.91 Å². The number of rotatable bonds is 4. The molecule has 1 aromatic rings. The summed E-state index contributed by atoms with van der Waals surface area (Å²) in [6.07, 6.45) is 5.67. The Morgan fingerprint density at radius 2 is 2.39 bits per heavy atom. The van der Waals surface area contributed by atoms with Crippen LogP contribution in [0.3, 0.4) is 0 Å². The van der Waals surface area contributed by atoms with Crippen molar-refractivity contribution < 1.29 is 9.90 Å². The van der Waals surface area contributed by atoms with Gasteiger partial charge >= 0.3 is 0 Å². The summed E-state index contributed by atoms with van der Waals surface area (Å²) in [5.41, 5.74) is -0.601. The minimum absolute atomic E-state index is 0.152. The van der Waals surface area contributed by atoms with Crippen LogP contribution in [0.15, 0.2) is 11.4 Å². The fraction of sp³-hybridized carbons (Fsp3) is 0.545. The maximum atomic E-state index is 11.9. The molecule has 1 heterocycles. The third-order valence-corrected chi connectivity index (χ3v) is 3.82. The number of halogens is 1. The van der Waals surface area contributed by atoms with Gasteiger partial charge in [-0.05, 0) is 25.5 Å². The first kappa shape index (κ1) is 13.6. The second-order valence-corrected chi connectivity index (χ2v) is 5.49. The molecule has 1 saturated carbocycles. The highest BCUT2D eigenvalue weighted by atomic mass is 35.5. The molecule has 1 aromatic heterocycles. The van der Waals surface area contributed by atoms with Crippen molar-refractivity contribution in [1.82, 2.24) is 15.3 Å². The standard InChI is InChI=1S/C11H14ClN3O2S/c1-18-10-13-5-7(12)8(15-10)9(16)14-6-11(17)3-2-4-11/h5,17H,2-4,6H2,1H3,(H,14,16). The monoisotopic (exact) mass is 287 g/mol. The highest BCUT2D eigenvalue weighted by Crippen LogP contribution is 2.30. The maximum absolute atomic E-state index is 11.9. The Morgan fingerprint density at radius 3 is 2.94 bits per heavy atom. The lowest BCUT2D eigenvalue weighted by molar-refractivity contribution is -0.0300. The van der Waals surface area contributed by atoms with E-state index in [0.29, 0.717) is 5.16 Å². The highest BCUT2D eigenvalue weighted by Gasteiger charge is 2.34. The number of nitrogens with zero attached hydrogens (tertiary/aromatic N) is 2. The predicted octanol–water partition coefficient (Wildman–Crippen LogP) is 1.50. The molecule has 0 radical (unpaired) electrons. The molecule has 7 heteroatoms. The second kappa shape index (κ2) is 5.42. The van der Waals surface area contributed by atoms with Crippen molar-refractivity contribution in [2.45, 2.75) is 30.0 Å². The molecule has 18 heavy (non-hydrogen) atoms. The number of thioether (sulfide) groups is 1. The first-order valence-corrected chi connectivity index (χ1v) is 7.21. The molecule has 0 unspecified atom stereocenters. The molecule has 0 bridgehead atoms. The number of amides is 1. The lowest BCUT2D eigenvalue weighted by atomic mass is 9.80. The minimum atomic E-state index is -0.752. The van der Waals surface area contributed by atoms with Gasteiger partial charge in [-0.25, -0.2) is 9.97 Å². The Morgan fingerprint density at radius 1 is 1.67 bits per heavy atom. The first-order valence-electron chi connectivity index (χ1n) is 5.61. The van der Waals surface area contributed by atoms with Gasteiger partial charge in [-0.2, -0.15) is 0 Å². The number of hydrogen-bond acceptors (Lipinski definition) is 5. The van der Waals surface area contributed by atoms with E-state index < -0.39 is 5.60 Å². The van der Waals surface area contributed by atoms with Crippen molar-refractivity contribution in [2.75, 3.05) is 12.8 Å². The van der Waals surface area contributed by atoms with E-state index in [0.717, 1.165) is 19.3 Å². The predicted molar refractivity (Wildman–Crippen MR) is 70.0 cm³/mol. The summed E-state index contributed by atoms with van der Waals surface area (Å²) in [4.78, 5) is 19.9. The van der Waals surface area contributed by atoms with Gasteiger partial charge in [-0.1, -0.05) is 23.4 Å². The van der Waals surface area contributed by atoms with Gasteiger partial charge < -0.3 is 10.4 Å². The fourth-order valence-corrected chi connectivity index (χ4v) is 2.22. The van der Waals surface area contributed by atoms with Gasteiger partial charge in [0.05, 0.1) is 16.8 Å². The van der Waals surface area contributed by atoms with Crippen molar-refractivity contribution in [3.8, 4) is 0 Å². The molecule has 0 spiro atoms. The van der Waals surface area contributed by atoms with E-state index in [4.69, 9.17) is 11.6 Å². The van der Waals surface area contributed by atoms with Crippen molar-refractivity contribution in [3.63, 3.8) is 0 Å². The maximum Gasteiger partial charge on any atom is 0.271 e. The van der Waals surface area contributed by atoms with Gasteiger partial charge in [0.15, 0.2) is 10.9 Å². The van der Waals surface area contributed by atoms with Gasteiger partial charge in [-0.15, -0.1) is 0 Å². The largest absolute Gasteiger partial charge is 0.388 e. The van der Waals surface area contributed by atoms with Crippen molar-refractivity contribution in [1.29, 1.82) is 0 Å². The summed E-state index contributed by atoms with van der Waals surface area (Å²) in [7, 11) is 0. The summed E-state index contributed by atoms with van der Waals surface area (Å²) in [6, 6.07) is 0. The number of hydrogen-bond donors (Lipinski definition) is 2. The normalized spacial score (nSPS) is 17.1. The summed E-state index contributed by atoms with van der Waals surface area (Å²) < 4.78 is 0. The smallest absolute Gasteiger partial charge is 0.271 e. The van der Waals surface area contributed by atoms with Crippen LogP contribution in [0.2, 0.25) is 5.02 Å². The van der Waals surface area contributed by atoms with E-state index in [1.807, 2.05) is 6.26 Å². The lowest BCUT2D eigenvalue weighted by Crippen LogP contribution is -2.47. The van der Waals surface area contributed by atoms with Crippen LogP contribution in [0.25, 0.3) is 0 Å².